The summed E-state index contributed by atoms with van der Waals surface area (Å²) in [6.45, 7) is 1.60. The maximum atomic E-state index is 13.8. The predicted molar refractivity (Wildman–Crippen MR) is 91.0 cm³/mol. The molecule has 132 valence electrons. The first-order valence-electron chi connectivity index (χ1n) is 8.85. The van der Waals surface area contributed by atoms with Crippen molar-refractivity contribution in [2.45, 2.75) is 31.7 Å². The van der Waals surface area contributed by atoms with Crippen molar-refractivity contribution in [1.82, 2.24) is 9.88 Å². The van der Waals surface area contributed by atoms with Crippen molar-refractivity contribution < 1.29 is 13.6 Å². The highest BCUT2D eigenvalue weighted by molar-refractivity contribution is 5.76. The number of likely N-dealkylation sites (tertiary alicyclic amines) is 1. The lowest BCUT2D eigenvalue weighted by Crippen LogP contribution is -2.33. The molecule has 1 aliphatic carbocycles. The van der Waals surface area contributed by atoms with Crippen LogP contribution in [-0.2, 0) is 11.2 Å². The summed E-state index contributed by atoms with van der Waals surface area (Å²) in [6.07, 6.45) is 4.49. The van der Waals surface area contributed by atoms with Crippen LogP contribution in [0.2, 0.25) is 0 Å². The zero-order valence-corrected chi connectivity index (χ0v) is 14.0. The minimum atomic E-state index is -0.346. The van der Waals surface area contributed by atoms with Gasteiger partial charge in [-0.25, -0.2) is 9.37 Å². The van der Waals surface area contributed by atoms with Gasteiger partial charge in [0.25, 0.3) is 0 Å². The lowest BCUT2D eigenvalue weighted by molar-refractivity contribution is -0.130. The Morgan fingerprint density at radius 3 is 2.96 bits per heavy atom. The number of amides is 1. The SMILES string of the molecule is NC1CCC2CN(C(=O)CCc3ncc(-c4ccccc4F)o3)CC12. The molecule has 0 spiro atoms. The summed E-state index contributed by atoms with van der Waals surface area (Å²) in [5.74, 6) is 1.64. The summed E-state index contributed by atoms with van der Waals surface area (Å²) in [6, 6.07) is 6.65. The molecule has 2 fully saturated rings. The van der Waals surface area contributed by atoms with Gasteiger partial charge in [-0.05, 0) is 36.8 Å². The summed E-state index contributed by atoms with van der Waals surface area (Å²) >= 11 is 0. The van der Waals surface area contributed by atoms with Crippen molar-refractivity contribution in [3.63, 3.8) is 0 Å². The number of aromatic nitrogens is 1. The van der Waals surface area contributed by atoms with Gasteiger partial charge < -0.3 is 15.1 Å². The molecule has 1 amide bonds. The second-order valence-corrected chi connectivity index (χ2v) is 7.06. The van der Waals surface area contributed by atoms with Gasteiger partial charge >= 0.3 is 0 Å². The number of oxazole rings is 1. The van der Waals surface area contributed by atoms with E-state index < -0.39 is 0 Å². The van der Waals surface area contributed by atoms with Crippen LogP contribution in [-0.4, -0.2) is 34.9 Å². The van der Waals surface area contributed by atoms with Crippen molar-refractivity contribution in [1.29, 1.82) is 0 Å². The topological polar surface area (TPSA) is 72.4 Å². The van der Waals surface area contributed by atoms with E-state index >= 15 is 0 Å². The number of fused-ring (bicyclic) bond motifs is 1. The van der Waals surface area contributed by atoms with Crippen LogP contribution >= 0.6 is 0 Å². The summed E-state index contributed by atoms with van der Waals surface area (Å²) in [7, 11) is 0. The van der Waals surface area contributed by atoms with Crippen LogP contribution in [0.5, 0.6) is 0 Å². The number of nitrogens with two attached hydrogens (primary N) is 1. The minimum absolute atomic E-state index is 0.118. The first kappa shape index (κ1) is 16.3. The Kier molecular flexibility index (Phi) is 4.29. The van der Waals surface area contributed by atoms with Gasteiger partial charge in [-0.1, -0.05) is 12.1 Å². The van der Waals surface area contributed by atoms with E-state index in [0.29, 0.717) is 41.9 Å². The molecule has 0 radical (unpaired) electrons. The molecule has 6 heteroatoms. The molecule has 2 aromatic rings. The second kappa shape index (κ2) is 6.59. The average Bonchev–Trinajstić information content (AvgIpc) is 3.31. The highest BCUT2D eigenvalue weighted by Gasteiger charge is 2.42. The van der Waals surface area contributed by atoms with Gasteiger partial charge in [-0.3, -0.25) is 4.79 Å². The Bertz CT molecular complexity index is 776. The molecule has 2 N–H and O–H groups in total. The fraction of sp³-hybridized carbons (Fsp3) is 0.474. The molecule has 1 aliphatic heterocycles. The van der Waals surface area contributed by atoms with E-state index in [2.05, 4.69) is 4.98 Å². The normalized spacial score (nSPS) is 25.4. The van der Waals surface area contributed by atoms with Gasteiger partial charge in [0.15, 0.2) is 11.7 Å². The lowest BCUT2D eigenvalue weighted by atomic mass is 9.98. The number of halogens is 1. The number of aryl methyl sites for hydroxylation is 1. The highest BCUT2D eigenvalue weighted by Crippen LogP contribution is 2.37. The Labute approximate surface area is 146 Å². The quantitative estimate of drug-likeness (QED) is 0.926. The Hall–Kier alpha value is -2.21. The molecule has 1 aromatic heterocycles. The average molecular weight is 343 g/mol. The first-order chi connectivity index (χ1) is 12.1. The fourth-order valence-corrected chi connectivity index (χ4v) is 4.09. The number of nitrogens with zero attached hydrogens (tertiary/aromatic N) is 2. The smallest absolute Gasteiger partial charge is 0.223 e. The van der Waals surface area contributed by atoms with E-state index in [0.717, 1.165) is 25.9 Å². The lowest BCUT2D eigenvalue weighted by Gasteiger charge is -2.18. The molecule has 0 bridgehead atoms. The molecule has 1 saturated carbocycles. The van der Waals surface area contributed by atoms with E-state index in [1.165, 1.54) is 12.3 Å². The van der Waals surface area contributed by atoms with Gasteiger partial charge in [0, 0.05) is 32.0 Å². The summed E-state index contributed by atoms with van der Waals surface area (Å²) in [5, 5.41) is 0. The van der Waals surface area contributed by atoms with Crippen LogP contribution in [0, 0.1) is 17.7 Å². The number of carbonyl (C=O) groups is 1. The van der Waals surface area contributed by atoms with E-state index in [-0.39, 0.29) is 17.8 Å². The number of carbonyl (C=O) groups excluding carboxylic acids is 1. The van der Waals surface area contributed by atoms with E-state index in [1.807, 2.05) is 4.90 Å². The Balaban J connectivity index is 1.35. The molecule has 3 atom stereocenters. The third-order valence-corrected chi connectivity index (χ3v) is 5.51. The van der Waals surface area contributed by atoms with Crippen molar-refractivity contribution >= 4 is 5.91 Å². The fourth-order valence-electron chi connectivity index (χ4n) is 4.09. The van der Waals surface area contributed by atoms with Crippen LogP contribution in [0.3, 0.4) is 0 Å². The van der Waals surface area contributed by atoms with E-state index in [1.54, 1.807) is 18.2 Å². The molecule has 4 rings (SSSR count). The highest BCUT2D eigenvalue weighted by atomic mass is 19.1. The zero-order valence-electron chi connectivity index (χ0n) is 14.0. The minimum Gasteiger partial charge on any atom is -0.441 e. The van der Waals surface area contributed by atoms with Crippen LogP contribution in [0.4, 0.5) is 4.39 Å². The Morgan fingerprint density at radius 2 is 2.16 bits per heavy atom. The predicted octanol–water partition coefficient (Wildman–Crippen LogP) is 2.61. The third kappa shape index (κ3) is 3.18. The van der Waals surface area contributed by atoms with Crippen molar-refractivity contribution in [2.24, 2.45) is 17.6 Å². The molecule has 5 nitrogen and oxygen atoms in total. The number of hydrogen-bond acceptors (Lipinski definition) is 4. The summed E-state index contributed by atoms with van der Waals surface area (Å²) in [4.78, 5) is 18.5. The van der Waals surface area contributed by atoms with Crippen LogP contribution in [0.1, 0.15) is 25.2 Å². The first-order valence-corrected chi connectivity index (χ1v) is 8.85. The number of hydrogen-bond donors (Lipinski definition) is 1. The zero-order chi connectivity index (χ0) is 17.4. The largest absolute Gasteiger partial charge is 0.441 e. The third-order valence-electron chi connectivity index (χ3n) is 5.51. The van der Waals surface area contributed by atoms with Crippen molar-refractivity contribution in [2.75, 3.05) is 13.1 Å². The molecular formula is C19H22FN3O2. The van der Waals surface area contributed by atoms with Crippen LogP contribution < -0.4 is 5.73 Å². The van der Waals surface area contributed by atoms with E-state index in [4.69, 9.17) is 10.2 Å². The van der Waals surface area contributed by atoms with Crippen LogP contribution in [0.15, 0.2) is 34.9 Å². The van der Waals surface area contributed by atoms with Crippen LogP contribution in [0.25, 0.3) is 11.3 Å². The molecule has 2 heterocycles. The number of rotatable bonds is 4. The Morgan fingerprint density at radius 1 is 1.32 bits per heavy atom. The molecule has 1 saturated heterocycles. The standard InChI is InChI=1S/C19H22FN3O2/c20-15-4-2-1-3-13(15)17-9-22-18(25-17)7-8-19(24)23-10-12-5-6-16(21)14(12)11-23/h1-4,9,12,14,16H,5-8,10-11,21H2. The monoisotopic (exact) mass is 343 g/mol. The molecule has 1 aromatic carbocycles. The summed E-state index contributed by atoms with van der Waals surface area (Å²) in [5.41, 5.74) is 6.51. The van der Waals surface area contributed by atoms with Gasteiger partial charge in [-0.15, -0.1) is 0 Å². The van der Waals surface area contributed by atoms with Gasteiger partial charge in [0.2, 0.25) is 5.91 Å². The maximum absolute atomic E-state index is 13.8. The van der Waals surface area contributed by atoms with E-state index in [9.17, 15) is 9.18 Å². The second-order valence-electron chi connectivity index (χ2n) is 7.06. The van der Waals surface area contributed by atoms with Gasteiger partial charge in [0.05, 0.1) is 11.8 Å². The molecule has 2 aliphatic rings. The van der Waals surface area contributed by atoms with Crippen molar-refractivity contribution in [3.8, 4) is 11.3 Å². The molecular weight excluding hydrogens is 321 g/mol. The molecule has 3 unspecified atom stereocenters. The van der Waals surface area contributed by atoms with Gasteiger partial charge in [0.1, 0.15) is 5.82 Å². The number of benzene rings is 1. The van der Waals surface area contributed by atoms with Crippen molar-refractivity contribution in [3.05, 3.63) is 42.2 Å². The summed E-state index contributed by atoms with van der Waals surface area (Å²) < 4.78 is 19.4. The maximum Gasteiger partial charge on any atom is 0.223 e. The van der Waals surface area contributed by atoms with Gasteiger partial charge in [-0.2, -0.15) is 0 Å². The molecule has 25 heavy (non-hydrogen) atoms.